The van der Waals surface area contributed by atoms with Gasteiger partial charge in [-0.15, -0.1) is 0 Å². The number of ether oxygens (including phenoxy) is 1. The van der Waals surface area contributed by atoms with Crippen LogP contribution in [0.25, 0.3) is 0 Å². The van der Waals surface area contributed by atoms with E-state index in [-0.39, 0.29) is 22.5 Å². The molecule has 2 rings (SSSR count). The molecule has 0 bridgehead atoms. The van der Waals surface area contributed by atoms with Gasteiger partial charge in [0.25, 0.3) is 0 Å². The average molecular weight is 312 g/mol. The van der Waals surface area contributed by atoms with Crippen molar-refractivity contribution in [3.8, 4) is 5.75 Å². The van der Waals surface area contributed by atoms with Crippen LogP contribution in [0.5, 0.6) is 5.75 Å². The number of carbonyl (C=O) groups is 1. The largest absolute Gasteiger partial charge is 0.492 e. The Morgan fingerprint density at radius 1 is 1.38 bits per heavy atom. The summed E-state index contributed by atoms with van der Waals surface area (Å²) in [7, 11) is -3.91. The third-order valence-electron chi connectivity index (χ3n) is 3.54. The zero-order valence-electron chi connectivity index (χ0n) is 12.0. The van der Waals surface area contributed by atoms with Crippen LogP contribution < -0.4 is 15.2 Å². The SMILES string of the molecule is CCOc1ccc(NC(=O)C2CCCC2)cc1S(N)(=O)=O. The fourth-order valence-corrected chi connectivity index (χ4v) is 3.21. The van der Waals surface area contributed by atoms with E-state index in [0.717, 1.165) is 25.7 Å². The van der Waals surface area contributed by atoms with Gasteiger partial charge in [-0.3, -0.25) is 4.79 Å². The summed E-state index contributed by atoms with van der Waals surface area (Å²) in [6.45, 7) is 2.08. The molecule has 3 N–H and O–H groups in total. The van der Waals surface area contributed by atoms with Crippen LogP contribution in [0.15, 0.2) is 23.1 Å². The summed E-state index contributed by atoms with van der Waals surface area (Å²) in [4.78, 5) is 11.9. The molecule has 0 aliphatic heterocycles. The smallest absolute Gasteiger partial charge is 0.241 e. The summed E-state index contributed by atoms with van der Waals surface area (Å²) < 4.78 is 28.5. The van der Waals surface area contributed by atoms with Crippen molar-refractivity contribution >= 4 is 21.6 Å². The summed E-state index contributed by atoms with van der Waals surface area (Å²) in [5, 5.41) is 7.94. The van der Waals surface area contributed by atoms with E-state index in [1.165, 1.54) is 12.1 Å². The number of hydrogen-bond acceptors (Lipinski definition) is 4. The fourth-order valence-electron chi connectivity index (χ4n) is 2.52. The Kier molecular flexibility index (Phi) is 4.84. The average Bonchev–Trinajstić information content (AvgIpc) is 2.93. The number of sulfonamides is 1. The van der Waals surface area contributed by atoms with E-state index in [4.69, 9.17) is 9.88 Å². The maximum Gasteiger partial charge on any atom is 0.241 e. The number of benzene rings is 1. The van der Waals surface area contributed by atoms with Gasteiger partial charge in [0.05, 0.1) is 6.61 Å². The normalized spacial score (nSPS) is 15.9. The summed E-state index contributed by atoms with van der Waals surface area (Å²) in [6, 6.07) is 4.47. The Balaban J connectivity index is 2.23. The van der Waals surface area contributed by atoms with Gasteiger partial charge in [-0.2, -0.15) is 0 Å². The third kappa shape index (κ3) is 3.95. The number of carbonyl (C=O) groups excluding carboxylic acids is 1. The lowest BCUT2D eigenvalue weighted by Gasteiger charge is -2.13. The van der Waals surface area contributed by atoms with Crippen molar-refractivity contribution in [3.05, 3.63) is 18.2 Å². The molecule has 0 radical (unpaired) electrons. The second kappa shape index (κ2) is 6.44. The van der Waals surface area contributed by atoms with Crippen LogP contribution in [0.3, 0.4) is 0 Å². The number of nitrogens with one attached hydrogen (secondary N) is 1. The highest BCUT2D eigenvalue weighted by Gasteiger charge is 2.23. The molecule has 0 aromatic heterocycles. The van der Waals surface area contributed by atoms with Crippen LogP contribution >= 0.6 is 0 Å². The molecule has 1 aliphatic rings. The van der Waals surface area contributed by atoms with Gasteiger partial charge < -0.3 is 10.1 Å². The van der Waals surface area contributed by atoms with Gasteiger partial charge in [0.1, 0.15) is 10.6 Å². The van der Waals surface area contributed by atoms with Crippen LogP contribution in [0, 0.1) is 5.92 Å². The van der Waals surface area contributed by atoms with E-state index in [2.05, 4.69) is 5.32 Å². The number of anilines is 1. The molecule has 21 heavy (non-hydrogen) atoms. The predicted molar refractivity (Wildman–Crippen MR) is 79.6 cm³/mol. The maximum atomic E-state index is 12.1. The monoisotopic (exact) mass is 312 g/mol. The Hall–Kier alpha value is -1.60. The Morgan fingerprint density at radius 3 is 2.62 bits per heavy atom. The second-order valence-corrected chi connectivity index (χ2v) is 6.64. The number of nitrogens with two attached hydrogens (primary N) is 1. The highest BCUT2D eigenvalue weighted by Crippen LogP contribution is 2.29. The number of hydrogen-bond donors (Lipinski definition) is 2. The minimum absolute atomic E-state index is 0.00880. The molecule has 0 unspecified atom stereocenters. The quantitative estimate of drug-likeness (QED) is 0.867. The lowest BCUT2D eigenvalue weighted by Crippen LogP contribution is -2.21. The molecular formula is C14H20N2O4S. The van der Waals surface area contributed by atoms with Crippen LogP contribution in [-0.2, 0) is 14.8 Å². The summed E-state index contributed by atoms with van der Waals surface area (Å²) in [5.74, 6) is 0.130. The molecule has 1 fully saturated rings. The lowest BCUT2D eigenvalue weighted by molar-refractivity contribution is -0.119. The third-order valence-corrected chi connectivity index (χ3v) is 4.48. The molecular weight excluding hydrogens is 292 g/mol. The molecule has 6 nitrogen and oxygen atoms in total. The van der Waals surface area contributed by atoms with E-state index in [9.17, 15) is 13.2 Å². The first-order valence-corrected chi connectivity index (χ1v) is 8.57. The summed E-state index contributed by atoms with van der Waals surface area (Å²) in [5.41, 5.74) is 0.416. The minimum atomic E-state index is -3.91. The molecule has 0 atom stereocenters. The first-order chi connectivity index (χ1) is 9.91. The van der Waals surface area contributed by atoms with Crippen LogP contribution in [0.1, 0.15) is 32.6 Å². The highest BCUT2D eigenvalue weighted by molar-refractivity contribution is 7.89. The van der Waals surface area contributed by atoms with Crippen molar-refractivity contribution in [1.82, 2.24) is 0 Å². The molecule has 1 aliphatic carbocycles. The molecule has 1 aromatic rings. The Labute approximate surface area is 124 Å². The second-order valence-electron chi connectivity index (χ2n) is 5.11. The lowest BCUT2D eigenvalue weighted by atomic mass is 10.1. The Morgan fingerprint density at radius 2 is 2.05 bits per heavy atom. The van der Waals surface area contributed by atoms with E-state index in [1.54, 1.807) is 13.0 Å². The molecule has 1 aromatic carbocycles. The number of amides is 1. The van der Waals surface area contributed by atoms with E-state index in [1.807, 2.05) is 0 Å². The van der Waals surface area contributed by atoms with Gasteiger partial charge >= 0.3 is 0 Å². The van der Waals surface area contributed by atoms with Gasteiger partial charge in [0, 0.05) is 11.6 Å². The first-order valence-electron chi connectivity index (χ1n) is 7.02. The van der Waals surface area contributed by atoms with Crippen molar-refractivity contribution in [2.24, 2.45) is 11.1 Å². The first kappa shape index (κ1) is 15.8. The van der Waals surface area contributed by atoms with E-state index < -0.39 is 10.0 Å². The summed E-state index contributed by atoms with van der Waals surface area (Å²) >= 11 is 0. The van der Waals surface area contributed by atoms with Crippen molar-refractivity contribution in [2.45, 2.75) is 37.5 Å². The topological polar surface area (TPSA) is 98.5 Å². The van der Waals surface area contributed by atoms with Gasteiger partial charge in [-0.1, -0.05) is 12.8 Å². The molecule has 7 heteroatoms. The van der Waals surface area contributed by atoms with Crippen molar-refractivity contribution in [1.29, 1.82) is 0 Å². The van der Waals surface area contributed by atoms with Gasteiger partial charge in [-0.25, -0.2) is 13.6 Å². The molecule has 1 saturated carbocycles. The van der Waals surface area contributed by atoms with Crippen LogP contribution in [-0.4, -0.2) is 20.9 Å². The van der Waals surface area contributed by atoms with E-state index in [0.29, 0.717) is 12.3 Å². The van der Waals surface area contributed by atoms with Crippen molar-refractivity contribution in [3.63, 3.8) is 0 Å². The van der Waals surface area contributed by atoms with E-state index >= 15 is 0 Å². The molecule has 1 amide bonds. The van der Waals surface area contributed by atoms with Gasteiger partial charge in [-0.05, 0) is 38.0 Å². The minimum Gasteiger partial charge on any atom is -0.492 e. The molecule has 0 spiro atoms. The zero-order chi connectivity index (χ0) is 15.5. The molecule has 0 saturated heterocycles. The standard InChI is InChI=1S/C14H20N2O4S/c1-2-20-12-8-7-11(9-13(12)21(15,18)19)16-14(17)10-5-3-4-6-10/h7-10H,2-6H2,1H3,(H,16,17)(H2,15,18,19). The molecule has 116 valence electrons. The number of primary sulfonamides is 1. The van der Waals surface area contributed by atoms with Gasteiger partial charge in [0.15, 0.2) is 0 Å². The number of rotatable bonds is 5. The molecule has 0 heterocycles. The van der Waals surface area contributed by atoms with Crippen LogP contribution in [0.2, 0.25) is 0 Å². The fraction of sp³-hybridized carbons (Fsp3) is 0.500. The Bertz CT molecular complexity index is 622. The van der Waals surface area contributed by atoms with Crippen LogP contribution in [0.4, 0.5) is 5.69 Å². The van der Waals surface area contributed by atoms with Crippen molar-refractivity contribution in [2.75, 3.05) is 11.9 Å². The maximum absolute atomic E-state index is 12.1. The zero-order valence-corrected chi connectivity index (χ0v) is 12.8. The van der Waals surface area contributed by atoms with Crippen molar-refractivity contribution < 1.29 is 17.9 Å². The van der Waals surface area contributed by atoms with Gasteiger partial charge in [0.2, 0.25) is 15.9 Å². The summed E-state index contributed by atoms with van der Waals surface area (Å²) in [6.07, 6.45) is 3.88. The predicted octanol–water partition coefficient (Wildman–Crippen LogP) is 1.86. The highest BCUT2D eigenvalue weighted by atomic mass is 32.2.